The molecule has 2 aromatic rings. The Labute approximate surface area is 120 Å². The molecule has 0 saturated heterocycles. The topological polar surface area (TPSA) is 67.2 Å². The van der Waals surface area contributed by atoms with Crippen LogP contribution in [0.25, 0.3) is 0 Å². The van der Waals surface area contributed by atoms with Crippen molar-refractivity contribution in [3.05, 3.63) is 64.7 Å². The number of rotatable bonds is 4. The summed E-state index contributed by atoms with van der Waals surface area (Å²) in [7, 11) is 0. The highest BCUT2D eigenvalue weighted by atomic mass is 19.1. The maximum absolute atomic E-state index is 13.5. The highest BCUT2D eigenvalue weighted by Crippen LogP contribution is 2.17. The number of benzene rings is 2. The third kappa shape index (κ3) is 3.55. The molecular formula is C15H15F2N3O. The van der Waals surface area contributed by atoms with Crippen LogP contribution in [-0.2, 0) is 6.54 Å². The van der Waals surface area contributed by atoms with Crippen molar-refractivity contribution in [1.29, 1.82) is 0 Å². The number of carbonyl (C=O) groups is 1. The minimum Gasteiger partial charge on any atom is -0.348 e. The van der Waals surface area contributed by atoms with E-state index in [2.05, 4.69) is 10.7 Å². The summed E-state index contributed by atoms with van der Waals surface area (Å²) in [6.07, 6.45) is 0. The lowest BCUT2D eigenvalue weighted by molar-refractivity contribution is 0.0951. The van der Waals surface area contributed by atoms with Gasteiger partial charge in [-0.3, -0.25) is 10.6 Å². The number of hydrogen-bond donors (Lipinski definition) is 3. The fourth-order valence-corrected chi connectivity index (χ4v) is 1.93. The molecule has 1 amide bonds. The van der Waals surface area contributed by atoms with Gasteiger partial charge in [0.1, 0.15) is 11.6 Å². The summed E-state index contributed by atoms with van der Waals surface area (Å²) in [6, 6.07) is 8.19. The molecule has 0 aromatic heterocycles. The fourth-order valence-electron chi connectivity index (χ4n) is 1.93. The Bertz CT molecular complexity index is 674. The molecule has 4 nitrogen and oxygen atoms in total. The molecule has 21 heavy (non-hydrogen) atoms. The quantitative estimate of drug-likeness (QED) is 0.599. The lowest BCUT2D eigenvalue weighted by Gasteiger charge is -2.11. The van der Waals surface area contributed by atoms with Crippen molar-refractivity contribution >= 4 is 11.6 Å². The molecule has 0 aliphatic rings. The summed E-state index contributed by atoms with van der Waals surface area (Å²) in [5.41, 5.74) is 4.26. The predicted molar refractivity (Wildman–Crippen MR) is 76.5 cm³/mol. The number of amides is 1. The van der Waals surface area contributed by atoms with Crippen LogP contribution in [0.1, 0.15) is 21.5 Å². The van der Waals surface area contributed by atoms with Crippen LogP contribution >= 0.6 is 0 Å². The number of nitrogens with one attached hydrogen (secondary N) is 2. The summed E-state index contributed by atoms with van der Waals surface area (Å²) < 4.78 is 26.5. The molecule has 0 spiro atoms. The van der Waals surface area contributed by atoms with Crippen LogP contribution in [0.4, 0.5) is 14.5 Å². The summed E-state index contributed by atoms with van der Waals surface area (Å²) in [6.45, 7) is 1.75. The largest absolute Gasteiger partial charge is 0.348 e. The van der Waals surface area contributed by atoms with Gasteiger partial charge in [0.15, 0.2) is 0 Å². The van der Waals surface area contributed by atoms with Crippen molar-refractivity contribution in [2.45, 2.75) is 13.5 Å². The Morgan fingerprint density at radius 2 is 1.95 bits per heavy atom. The molecule has 110 valence electrons. The molecule has 0 saturated carbocycles. The molecule has 0 heterocycles. The number of nitrogens with two attached hydrogens (primary N) is 1. The standard InChI is InChI=1S/C15H15F2N3O/c1-9-2-4-12(14(6-9)20-18)15(21)19-8-10-7-11(16)3-5-13(10)17/h2-7,20H,8,18H2,1H3,(H,19,21). The fraction of sp³-hybridized carbons (Fsp3) is 0.133. The van der Waals surface area contributed by atoms with Gasteiger partial charge in [-0.15, -0.1) is 0 Å². The van der Waals surface area contributed by atoms with E-state index in [0.29, 0.717) is 11.3 Å². The van der Waals surface area contributed by atoms with Crippen molar-refractivity contribution in [3.63, 3.8) is 0 Å². The van der Waals surface area contributed by atoms with E-state index < -0.39 is 17.5 Å². The molecule has 0 atom stereocenters. The van der Waals surface area contributed by atoms with Gasteiger partial charge in [-0.2, -0.15) is 0 Å². The van der Waals surface area contributed by atoms with Gasteiger partial charge < -0.3 is 10.7 Å². The molecule has 0 bridgehead atoms. The van der Waals surface area contributed by atoms with Crippen molar-refractivity contribution < 1.29 is 13.6 Å². The van der Waals surface area contributed by atoms with Crippen LogP contribution in [0.3, 0.4) is 0 Å². The number of carbonyl (C=O) groups excluding carboxylic acids is 1. The smallest absolute Gasteiger partial charge is 0.253 e. The van der Waals surface area contributed by atoms with Gasteiger partial charge in [0, 0.05) is 12.1 Å². The first kappa shape index (κ1) is 14.9. The molecule has 0 radical (unpaired) electrons. The van der Waals surface area contributed by atoms with Gasteiger partial charge >= 0.3 is 0 Å². The van der Waals surface area contributed by atoms with E-state index in [4.69, 9.17) is 5.84 Å². The second-order valence-corrected chi connectivity index (χ2v) is 4.61. The third-order valence-corrected chi connectivity index (χ3v) is 3.02. The first-order valence-corrected chi connectivity index (χ1v) is 6.30. The molecular weight excluding hydrogens is 276 g/mol. The van der Waals surface area contributed by atoms with Crippen molar-refractivity contribution in [3.8, 4) is 0 Å². The van der Waals surface area contributed by atoms with Crippen molar-refractivity contribution in [1.82, 2.24) is 5.32 Å². The van der Waals surface area contributed by atoms with Crippen LogP contribution in [0.5, 0.6) is 0 Å². The van der Waals surface area contributed by atoms with Crippen LogP contribution in [0.2, 0.25) is 0 Å². The molecule has 0 aliphatic heterocycles. The number of halogens is 2. The van der Waals surface area contributed by atoms with Gasteiger partial charge in [0.2, 0.25) is 0 Å². The molecule has 0 aliphatic carbocycles. The average molecular weight is 291 g/mol. The van der Waals surface area contributed by atoms with Crippen molar-refractivity contribution in [2.24, 2.45) is 5.84 Å². The second kappa shape index (κ2) is 6.32. The second-order valence-electron chi connectivity index (χ2n) is 4.61. The zero-order valence-electron chi connectivity index (χ0n) is 11.4. The zero-order chi connectivity index (χ0) is 15.4. The average Bonchev–Trinajstić information content (AvgIpc) is 2.47. The molecule has 2 rings (SSSR count). The van der Waals surface area contributed by atoms with E-state index in [1.807, 2.05) is 6.92 Å². The lowest BCUT2D eigenvalue weighted by Crippen LogP contribution is -2.25. The third-order valence-electron chi connectivity index (χ3n) is 3.02. The minimum absolute atomic E-state index is 0.0812. The summed E-state index contributed by atoms with van der Waals surface area (Å²) in [5, 5.41) is 2.54. The van der Waals surface area contributed by atoms with E-state index in [0.717, 1.165) is 23.8 Å². The minimum atomic E-state index is -0.572. The van der Waals surface area contributed by atoms with Gasteiger partial charge in [-0.05, 0) is 42.8 Å². The van der Waals surface area contributed by atoms with Gasteiger partial charge in [-0.25, -0.2) is 8.78 Å². The van der Waals surface area contributed by atoms with E-state index in [9.17, 15) is 13.6 Å². The van der Waals surface area contributed by atoms with Gasteiger partial charge in [0.05, 0.1) is 11.3 Å². The van der Waals surface area contributed by atoms with Crippen molar-refractivity contribution in [2.75, 3.05) is 5.43 Å². The van der Waals surface area contributed by atoms with Gasteiger partial charge in [-0.1, -0.05) is 6.07 Å². The number of nitrogen functional groups attached to an aromatic ring is 1. The Balaban J connectivity index is 2.13. The Kier molecular flexibility index (Phi) is 4.49. The number of hydrogen-bond acceptors (Lipinski definition) is 3. The Morgan fingerprint density at radius 1 is 1.19 bits per heavy atom. The predicted octanol–water partition coefficient (Wildman–Crippen LogP) is 2.49. The van der Waals surface area contributed by atoms with Gasteiger partial charge in [0.25, 0.3) is 5.91 Å². The molecule has 0 fully saturated rings. The maximum atomic E-state index is 13.5. The van der Waals surface area contributed by atoms with Crippen LogP contribution in [0.15, 0.2) is 36.4 Å². The lowest BCUT2D eigenvalue weighted by atomic mass is 10.1. The van der Waals surface area contributed by atoms with E-state index in [-0.39, 0.29) is 12.1 Å². The first-order valence-electron chi connectivity index (χ1n) is 6.30. The number of aryl methyl sites for hydroxylation is 1. The highest BCUT2D eigenvalue weighted by molar-refractivity contribution is 5.99. The molecule has 6 heteroatoms. The SMILES string of the molecule is Cc1ccc(C(=O)NCc2cc(F)ccc2F)c(NN)c1. The Hall–Kier alpha value is -2.47. The molecule has 4 N–H and O–H groups in total. The van der Waals surface area contributed by atoms with Crippen LogP contribution < -0.4 is 16.6 Å². The highest BCUT2D eigenvalue weighted by Gasteiger charge is 2.12. The zero-order valence-corrected chi connectivity index (χ0v) is 11.4. The summed E-state index contributed by atoms with van der Waals surface area (Å²) in [4.78, 5) is 12.1. The van der Waals surface area contributed by atoms with E-state index in [1.54, 1.807) is 18.2 Å². The summed E-state index contributed by atoms with van der Waals surface area (Å²) in [5.74, 6) is 3.82. The molecule has 0 unspecified atom stereocenters. The Morgan fingerprint density at radius 3 is 2.67 bits per heavy atom. The van der Waals surface area contributed by atoms with Crippen LogP contribution in [-0.4, -0.2) is 5.91 Å². The maximum Gasteiger partial charge on any atom is 0.253 e. The molecule has 2 aromatic carbocycles. The summed E-state index contributed by atoms with van der Waals surface area (Å²) >= 11 is 0. The normalized spacial score (nSPS) is 10.3. The van der Waals surface area contributed by atoms with Crippen LogP contribution in [0, 0.1) is 18.6 Å². The monoisotopic (exact) mass is 291 g/mol. The first-order chi connectivity index (χ1) is 10.0. The van der Waals surface area contributed by atoms with E-state index >= 15 is 0 Å². The number of anilines is 1. The van der Waals surface area contributed by atoms with E-state index in [1.165, 1.54) is 0 Å². The number of hydrazine groups is 1.